The van der Waals surface area contributed by atoms with Gasteiger partial charge in [-0.1, -0.05) is 71.7 Å². The Hall–Kier alpha value is -1.76. The smallest absolute Gasteiger partial charge is 0.115 e. The summed E-state index contributed by atoms with van der Waals surface area (Å²) in [6, 6.07) is 12.3. The van der Waals surface area contributed by atoms with Gasteiger partial charge in [0.15, 0.2) is 0 Å². The number of phenols is 1. The first kappa shape index (κ1) is 22.3. The summed E-state index contributed by atoms with van der Waals surface area (Å²) in [6.45, 7) is 14.8. The molecule has 2 aromatic rings. The predicted molar refractivity (Wildman–Crippen MR) is 116 cm³/mol. The number of rotatable bonds is 2. The normalized spacial score (nSPS) is 18.9. The Morgan fingerprint density at radius 3 is 1.69 bits per heavy atom. The molecule has 0 aliphatic heterocycles. The first-order valence-electron chi connectivity index (χ1n) is 10.4. The second-order valence-corrected chi connectivity index (χ2v) is 7.03. The summed E-state index contributed by atoms with van der Waals surface area (Å²) in [5.41, 5.74) is 6.72. The van der Waals surface area contributed by atoms with Crippen molar-refractivity contribution < 1.29 is 5.11 Å². The van der Waals surface area contributed by atoms with Crippen LogP contribution in [0, 0.1) is 19.8 Å². The van der Waals surface area contributed by atoms with E-state index in [1.54, 1.807) is 12.1 Å². The van der Waals surface area contributed by atoms with Crippen LogP contribution in [0.4, 0.5) is 0 Å². The van der Waals surface area contributed by atoms with E-state index in [1.807, 2.05) is 39.8 Å². The van der Waals surface area contributed by atoms with Gasteiger partial charge in [-0.2, -0.15) is 0 Å². The van der Waals surface area contributed by atoms with Crippen molar-refractivity contribution >= 4 is 0 Å². The lowest BCUT2D eigenvalue weighted by Crippen LogP contribution is -2.11. The monoisotopic (exact) mass is 354 g/mol. The number of hydrogen-bond acceptors (Lipinski definition) is 1. The van der Waals surface area contributed by atoms with Gasteiger partial charge in [-0.05, 0) is 78.5 Å². The van der Waals surface area contributed by atoms with Gasteiger partial charge in [0.05, 0.1) is 0 Å². The summed E-state index contributed by atoms with van der Waals surface area (Å²) in [6.07, 6.45) is 5.39. The summed E-state index contributed by atoms with van der Waals surface area (Å²) in [4.78, 5) is 0. The summed E-state index contributed by atoms with van der Waals surface area (Å²) in [5.74, 6) is 1.96. The minimum Gasteiger partial charge on any atom is -0.508 e. The molecule has 1 heteroatoms. The molecule has 2 aromatic carbocycles. The molecule has 0 spiro atoms. The maximum atomic E-state index is 9.48. The molecule has 1 nitrogen and oxygen atoms in total. The fourth-order valence-corrected chi connectivity index (χ4v) is 3.91. The lowest BCUT2D eigenvalue weighted by Gasteiger charge is -2.27. The predicted octanol–water partition coefficient (Wildman–Crippen LogP) is 8.02. The molecule has 1 N–H and O–H groups in total. The molecule has 0 bridgehead atoms. The van der Waals surface area contributed by atoms with E-state index in [1.165, 1.54) is 53.5 Å². The first-order valence-corrected chi connectivity index (χ1v) is 10.4. The van der Waals surface area contributed by atoms with Crippen LogP contribution in [0.3, 0.4) is 0 Å². The fraction of sp³-hybridized carbons (Fsp3) is 0.520. The van der Waals surface area contributed by atoms with Crippen molar-refractivity contribution in [3.8, 4) is 16.9 Å². The van der Waals surface area contributed by atoms with Gasteiger partial charge in [0.25, 0.3) is 0 Å². The van der Waals surface area contributed by atoms with Crippen LogP contribution in [-0.4, -0.2) is 5.11 Å². The van der Waals surface area contributed by atoms with Crippen LogP contribution in [0.2, 0.25) is 0 Å². The Balaban J connectivity index is 0.000000791. The highest BCUT2D eigenvalue weighted by molar-refractivity contribution is 5.71. The molecule has 144 valence electrons. The molecule has 1 aliphatic rings. The van der Waals surface area contributed by atoms with E-state index < -0.39 is 0 Å². The lowest BCUT2D eigenvalue weighted by atomic mass is 9.78. The van der Waals surface area contributed by atoms with Crippen LogP contribution in [0.5, 0.6) is 5.75 Å². The molecular weight excluding hydrogens is 316 g/mol. The number of benzene rings is 2. The molecule has 1 saturated carbocycles. The zero-order valence-corrected chi connectivity index (χ0v) is 17.9. The average molecular weight is 355 g/mol. The minimum atomic E-state index is 0.326. The van der Waals surface area contributed by atoms with Crippen molar-refractivity contribution in [2.75, 3.05) is 0 Å². The maximum Gasteiger partial charge on any atom is 0.115 e. The van der Waals surface area contributed by atoms with Gasteiger partial charge in [0.1, 0.15) is 5.75 Å². The molecule has 0 radical (unpaired) electrons. The molecule has 0 amide bonds. The van der Waals surface area contributed by atoms with Crippen molar-refractivity contribution in [1.29, 1.82) is 0 Å². The van der Waals surface area contributed by atoms with Crippen LogP contribution in [0.25, 0.3) is 11.1 Å². The third-order valence-electron chi connectivity index (χ3n) is 5.20. The third-order valence-corrected chi connectivity index (χ3v) is 5.20. The highest BCUT2D eigenvalue weighted by atomic mass is 16.3. The quantitative estimate of drug-likeness (QED) is 0.579. The molecule has 0 atom stereocenters. The lowest BCUT2D eigenvalue weighted by molar-refractivity contribution is 0.348. The largest absolute Gasteiger partial charge is 0.508 e. The average Bonchev–Trinajstić information content (AvgIpc) is 2.66. The third kappa shape index (κ3) is 5.62. The number of hydrogen-bond donors (Lipinski definition) is 1. The highest BCUT2D eigenvalue weighted by Gasteiger charge is 2.21. The summed E-state index contributed by atoms with van der Waals surface area (Å²) < 4.78 is 0. The van der Waals surface area contributed by atoms with Crippen LogP contribution in [0.15, 0.2) is 36.4 Å². The Kier molecular flexibility index (Phi) is 9.48. The first-order chi connectivity index (χ1) is 12.5. The molecule has 1 aliphatic carbocycles. The molecule has 0 unspecified atom stereocenters. The van der Waals surface area contributed by atoms with E-state index >= 15 is 0 Å². The molecule has 3 rings (SSSR count). The van der Waals surface area contributed by atoms with Gasteiger partial charge in [-0.15, -0.1) is 0 Å². The summed E-state index contributed by atoms with van der Waals surface area (Å²) in [5, 5.41) is 9.48. The number of aromatic hydroxyl groups is 1. The minimum absolute atomic E-state index is 0.326. The highest BCUT2D eigenvalue weighted by Crippen LogP contribution is 2.38. The second-order valence-electron chi connectivity index (χ2n) is 7.03. The summed E-state index contributed by atoms with van der Waals surface area (Å²) in [7, 11) is 0. The van der Waals surface area contributed by atoms with Gasteiger partial charge in [-0.25, -0.2) is 0 Å². The molecule has 0 aromatic heterocycles. The van der Waals surface area contributed by atoms with E-state index in [4.69, 9.17) is 0 Å². The van der Waals surface area contributed by atoms with Crippen molar-refractivity contribution in [2.45, 2.75) is 80.1 Å². The van der Waals surface area contributed by atoms with Crippen molar-refractivity contribution in [1.82, 2.24) is 0 Å². The van der Waals surface area contributed by atoms with E-state index in [0.29, 0.717) is 5.75 Å². The fourth-order valence-electron chi connectivity index (χ4n) is 3.91. The van der Waals surface area contributed by atoms with E-state index in [-0.39, 0.29) is 0 Å². The Morgan fingerprint density at radius 2 is 1.23 bits per heavy atom. The van der Waals surface area contributed by atoms with Gasteiger partial charge in [0.2, 0.25) is 0 Å². The number of phenolic OH excluding ortho intramolecular Hbond substituents is 1. The Labute approximate surface area is 161 Å². The van der Waals surface area contributed by atoms with Gasteiger partial charge < -0.3 is 5.11 Å². The van der Waals surface area contributed by atoms with Gasteiger partial charge in [-0.3, -0.25) is 0 Å². The van der Waals surface area contributed by atoms with E-state index in [2.05, 4.69) is 32.9 Å². The summed E-state index contributed by atoms with van der Waals surface area (Å²) >= 11 is 0. The van der Waals surface area contributed by atoms with Crippen LogP contribution in [-0.2, 0) is 0 Å². The number of aryl methyl sites for hydroxylation is 2. The van der Waals surface area contributed by atoms with Crippen molar-refractivity contribution in [3.63, 3.8) is 0 Å². The molecule has 0 saturated heterocycles. The molecular formula is C25H38O. The topological polar surface area (TPSA) is 20.2 Å². The Bertz CT molecular complexity index is 623. The van der Waals surface area contributed by atoms with Crippen LogP contribution in [0.1, 0.15) is 82.9 Å². The standard InChI is InChI=1S/C21H26O.2C2H6/c1-14-4-6-17(7-5-14)19-12-15(2)21(16(3)13-19)18-8-10-20(22)11-9-18;2*1-2/h8-14,17,22H,4-7H2,1-3H3;2*1-2H3. The van der Waals surface area contributed by atoms with Gasteiger partial charge in [0, 0.05) is 0 Å². The van der Waals surface area contributed by atoms with Crippen LogP contribution >= 0.6 is 0 Å². The zero-order valence-electron chi connectivity index (χ0n) is 17.9. The Morgan fingerprint density at radius 1 is 0.769 bits per heavy atom. The maximum absolute atomic E-state index is 9.48. The second kappa shape index (κ2) is 11.1. The van der Waals surface area contributed by atoms with Crippen molar-refractivity contribution in [2.24, 2.45) is 5.92 Å². The van der Waals surface area contributed by atoms with Gasteiger partial charge >= 0.3 is 0 Å². The molecule has 0 heterocycles. The SMILES string of the molecule is CC.CC.Cc1cc(C2CCC(C)CC2)cc(C)c1-c1ccc(O)cc1. The van der Waals surface area contributed by atoms with Crippen LogP contribution < -0.4 is 0 Å². The van der Waals surface area contributed by atoms with E-state index in [9.17, 15) is 5.11 Å². The zero-order chi connectivity index (χ0) is 19.7. The van der Waals surface area contributed by atoms with E-state index in [0.717, 1.165) is 11.8 Å². The van der Waals surface area contributed by atoms with Crippen molar-refractivity contribution in [3.05, 3.63) is 53.1 Å². The molecule has 26 heavy (non-hydrogen) atoms. The molecule has 1 fully saturated rings.